The van der Waals surface area contributed by atoms with Gasteiger partial charge in [-0.25, -0.2) is 9.35 Å². The number of pyridine rings is 1. The van der Waals surface area contributed by atoms with Gasteiger partial charge in [0.1, 0.15) is 5.75 Å². The van der Waals surface area contributed by atoms with Crippen LogP contribution >= 0.6 is 0 Å². The Kier molecular flexibility index (Phi) is 6.61. The standard InChI is InChI=1S/C20H22F2N6O5S2/c1-32-16-4-2-3-14(9-16)20(12-34(23,29)8-7-28(20)35(24,30)31)10-15-6-5-13(11-25-15)18-26-27-19(33-18)17(21)22/h2-6,9,11,17,23H,7-8,10,12H2,1H3,(H2,24,30,31). The first-order valence-corrected chi connectivity index (χ1v) is 13.6. The molecule has 0 aliphatic carbocycles. The molecule has 15 heteroatoms. The fourth-order valence-corrected chi connectivity index (χ4v) is 7.20. The molecule has 35 heavy (non-hydrogen) atoms. The van der Waals surface area contributed by atoms with Gasteiger partial charge in [-0.15, -0.1) is 10.2 Å². The van der Waals surface area contributed by atoms with E-state index in [1.165, 1.54) is 25.4 Å². The number of hydrogen-bond donors (Lipinski definition) is 2. The predicted molar refractivity (Wildman–Crippen MR) is 121 cm³/mol. The summed E-state index contributed by atoms with van der Waals surface area (Å²) in [5.41, 5.74) is -0.397. The first-order chi connectivity index (χ1) is 16.4. The maximum absolute atomic E-state index is 13.0. The molecule has 0 bridgehead atoms. The zero-order valence-corrected chi connectivity index (χ0v) is 20.1. The fourth-order valence-electron chi connectivity index (χ4n) is 4.12. The summed E-state index contributed by atoms with van der Waals surface area (Å²) < 4.78 is 83.3. The van der Waals surface area contributed by atoms with Gasteiger partial charge in [0, 0.05) is 40.3 Å². The molecule has 0 spiro atoms. The van der Waals surface area contributed by atoms with Crippen molar-refractivity contribution in [1.29, 1.82) is 4.78 Å². The van der Waals surface area contributed by atoms with Crippen molar-refractivity contribution in [3.05, 3.63) is 59.7 Å². The second-order valence-electron chi connectivity index (χ2n) is 8.00. The maximum atomic E-state index is 13.0. The largest absolute Gasteiger partial charge is 0.497 e. The molecule has 2 unspecified atom stereocenters. The molecule has 4 rings (SSSR count). The first kappa shape index (κ1) is 25.1. The number of ether oxygens (including phenoxy) is 1. The molecule has 2 atom stereocenters. The van der Waals surface area contributed by atoms with Crippen LogP contribution in [0, 0.1) is 4.78 Å². The van der Waals surface area contributed by atoms with Crippen LogP contribution in [0.2, 0.25) is 0 Å². The number of alkyl halides is 2. The number of hydrogen-bond acceptors (Lipinski definition) is 9. The Bertz CT molecular complexity index is 1430. The van der Waals surface area contributed by atoms with Gasteiger partial charge < -0.3 is 9.15 Å². The highest BCUT2D eigenvalue weighted by molar-refractivity contribution is 7.92. The van der Waals surface area contributed by atoms with Crippen LogP contribution in [0.1, 0.15) is 23.6 Å². The van der Waals surface area contributed by atoms with Crippen molar-refractivity contribution in [2.75, 3.05) is 25.2 Å². The van der Waals surface area contributed by atoms with Gasteiger partial charge in [-0.1, -0.05) is 12.1 Å². The van der Waals surface area contributed by atoms with Gasteiger partial charge in [0.15, 0.2) is 0 Å². The van der Waals surface area contributed by atoms with E-state index in [1.807, 2.05) is 0 Å². The van der Waals surface area contributed by atoms with Crippen molar-refractivity contribution in [2.24, 2.45) is 5.14 Å². The van der Waals surface area contributed by atoms with E-state index in [9.17, 15) is 21.4 Å². The van der Waals surface area contributed by atoms with Crippen LogP contribution in [0.3, 0.4) is 0 Å². The van der Waals surface area contributed by atoms with Gasteiger partial charge in [0.25, 0.3) is 16.1 Å². The number of aromatic nitrogens is 3. The number of nitrogens with two attached hydrogens (primary N) is 1. The van der Waals surface area contributed by atoms with Crippen LogP contribution in [-0.4, -0.2) is 57.3 Å². The minimum Gasteiger partial charge on any atom is -0.497 e. The second-order valence-corrected chi connectivity index (χ2v) is 11.8. The Morgan fingerprint density at radius 2 is 2.09 bits per heavy atom. The van der Waals surface area contributed by atoms with Gasteiger partial charge in [0.2, 0.25) is 5.89 Å². The Morgan fingerprint density at radius 3 is 2.69 bits per heavy atom. The fraction of sp³-hybridized carbons (Fsp3) is 0.350. The van der Waals surface area contributed by atoms with E-state index in [1.54, 1.807) is 24.3 Å². The summed E-state index contributed by atoms with van der Waals surface area (Å²) >= 11 is 0. The highest BCUT2D eigenvalue weighted by atomic mass is 32.2. The van der Waals surface area contributed by atoms with Gasteiger partial charge >= 0.3 is 6.43 Å². The van der Waals surface area contributed by atoms with Crippen molar-refractivity contribution >= 4 is 19.9 Å². The van der Waals surface area contributed by atoms with Gasteiger partial charge in [-0.3, -0.25) is 9.76 Å². The van der Waals surface area contributed by atoms with Crippen LogP contribution in [-0.2, 0) is 31.9 Å². The Hall–Kier alpha value is -3.01. The third kappa shape index (κ3) is 5.17. The molecule has 3 N–H and O–H groups in total. The van der Waals surface area contributed by atoms with E-state index in [0.717, 1.165) is 4.31 Å². The molecule has 1 aliphatic rings. The summed E-state index contributed by atoms with van der Waals surface area (Å²) in [7, 11) is -5.99. The van der Waals surface area contributed by atoms with E-state index in [0.29, 0.717) is 17.0 Å². The molecule has 3 heterocycles. The van der Waals surface area contributed by atoms with Crippen molar-refractivity contribution in [1.82, 2.24) is 19.5 Å². The highest BCUT2D eigenvalue weighted by Crippen LogP contribution is 2.39. The topological polar surface area (TPSA) is 165 Å². The van der Waals surface area contributed by atoms with Crippen LogP contribution in [0.5, 0.6) is 5.75 Å². The van der Waals surface area contributed by atoms with Crippen molar-refractivity contribution in [3.8, 4) is 17.2 Å². The van der Waals surface area contributed by atoms with Gasteiger partial charge in [0.05, 0.1) is 24.0 Å². The average Bonchev–Trinajstić information content (AvgIpc) is 3.29. The predicted octanol–water partition coefficient (Wildman–Crippen LogP) is 2.08. The van der Waals surface area contributed by atoms with Gasteiger partial charge in [-0.05, 0) is 29.8 Å². The average molecular weight is 529 g/mol. The van der Waals surface area contributed by atoms with Crippen molar-refractivity contribution < 1.29 is 30.6 Å². The highest BCUT2D eigenvalue weighted by Gasteiger charge is 2.49. The second kappa shape index (κ2) is 9.22. The normalized spacial score (nSPS) is 23.5. The lowest BCUT2D eigenvalue weighted by molar-refractivity contribution is 0.116. The van der Waals surface area contributed by atoms with Crippen LogP contribution in [0.15, 0.2) is 47.0 Å². The number of rotatable bonds is 7. The van der Waals surface area contributed by atoms with Crippen molar-refractivity contribution in [3.63, 3.8) is 0 Å². The summed E-state index contributed by atoms with van der Waals surface area (Å²) in [4.78, 5) is 4.32. The van der Waals surface area contributed by atoms with Crippen LogP contribution in [0.4, 0.5) is 8.78 Å². The number of nitrogens with one attached hydrogen (secondary N) is 1. The van der Waals surface area contributed by atoms with Crippen molar-refractivity contribution in [2.45, 2.75) is 18.4 Å². The van der Waals surface area contributed by atoms with Gasteiger partial charge in [-0.2, -0.15) is 21.5 Å². The third-order valence-electron chi connectivity index (χ3n) is 5.66. The summed E-state index contributed by atoms with van der Waals surface area (Å²) in [5, 5.41) is 12.4. The molecule has 1 aliphatic heterocycles. The molecule has 0 radical (unpaired) electrons. The molecule has 1 saturated heterocycles. The maximum Gasteiger partial charge on any atom is 0.314 e. The molecule has 1 aromatic carbocycles. The zero-order chi connectivity index (χ0) is 25.4. The molecule has 11 nitrogen and oxygen atoms in total. The molecular formula is C20H22F2N6O5S2. The van der Waals surface area contributed by atoms with E-state index < -0.39 is 37.8 Å². The number of nitrogens with zero attached hydrogens (tertiary/aromatic N) is 4. The van der Waals surface area contributed by atoms with Crippen LogP contribution < -0.4 is 9.88 Å². The Balaban J connectivity index is 1.79. The van der Waals surface area contributed by atoms with E-state index in [2.05, 4.69) is 15.2 Å². The zero-order valence-electron chi connectivity index (χ0n) is 18.4. The lowest BCUT2D eigenvalue weighted by atomic mass is 9.86. The molecule has 188 valence electrons. The van der Waals surface area contributed by atoms with E-state index >= 15 is 0 Å². The number of halogens is 2. The lowest BCUT2D eigenvalue weighted by Gasteiger charge is -2.46. The first-order valence-electron chi connectivity index (χ1n) is 10.2. The monoisotopic (exact) mass is 528 g/mol. The Morgan fingerprint density at radius 1 is 1.31 bits per heavy atom. The summed E-state index contributed by atoms with van der Waals surface area (Å²) in [6.45, 7) is -0.213. The SMILES string of the molecule is COc1cccc(C2(Cc3ccc(-c4nnc(C(F)F)o4)cn3)CS(=N)(=O)CCN2S(N)(=O)=O)c1. The lowest BCUT2D eigenvalue weighted by Crippen LogP contribution is -2.61. The molecular weight excluding hydrogens is 506 g/mol. The number of methoxy groups -OCH3 is 1. The summed E-state index contributed by atoms with van der Waals surface area (Å²) in [5.74, 6) is -1.01. The smallest absolute Gasteiger partial charge is 0.314 e. The minimum atomic E-state index is -4.28. The quantitative estimate of drug-likeness (QED) is 0.470. The molecule has 0 amide bonds. The molecule has 0 saturated carbocycles. The van der Waals surface area contributed by atoms with E-state index in [4.69, 9.17) is 19.1 Å². The molecule has 2 aromatic heterocycles. The number of benzene rings is 1. The van der Waals surface area contributed by atoms with Crippen LogP contribution in [0.25, 0.3) is 11.5 Å². The van der Waals surface area contributed by atoms with E-state index in [-0.39, 0.29) is 35.9 Å². The summed E-state index contributed by atoms with van der Waals surface area (Å²) in [6, 6.07) is 9.63. The third-order valence-corrected chi connectivity index (χ3v) is 8.59. The minimum absolute atomic E-state index is 0.0706. The summed E-state index contributed by atoms with van der Waals surface area (Å²) in [6.07, 6.45) is -1.67. The molecule has 1 fully saturated rings. The molecule has 3 aromatic rings. The Labute approximate surface area is 200 Å².